The standard InChI is InChI=1S/C16H17FN2O5/c17-12-3-1-10(2-4-12)5-6-24-9-11-7-18-14(16(22)19-23)15(21)13(11)8-20/h1-4,7,20-21,23H,5-6,8-9H2,(H,19,22). The highest BCUT2D eigenvalue weighted by Crippen LogP contribution is 2.25. The van der Waals surface area contributed by atoms with Gasteiger partial charge >= 0.3 is 0 Å². The lowest BCUT2D eigenvalue weighted by Gasteiger charge is -2.12. The first-order valence-electron chi connectivity index (χ1n) is 7.14. The van der Waals surface area contributed by atoms with Crippen molar-refractivity contribution in [1.29, 1.82) is 0 Å². The average molecular weight is 336 g/mol. The third-order valence-electron chi connectivity index (χ3n) is 3.43. The summed E-state index contributed by atoms with van der Waals surface area (Å²) < 4.78 is 18.3. The summed E-state index contributed by atoms with van der Waals surface area (Å²) in [5.41, 5.74) is 2.41. The second-order valence-corrected chi connectivity index (χ2v) is 4.99. The van der Waals surface area contributed by atoms with E-state index in [4.69, 9.17) is 9.94 Å². The maximum absolute atomic E-state index is 12.8. The Hall–Kier alpha value is -2.55. The number of nitrogens with zero attached hydrogens (tertiary/aromatic N) is 1. The largest absolute Gasteiger partial charge is 0.505 e. The van der Waals surface area contributed by atoms with Gasteiger partial charge in [0.05, 0.1) is 19.8 Å². The molecule has 1 aromatic carbocycles. The van der Waals surface area contributed by atoms with Crippen molar-refractivity contribution in [2.24, 2.45) is 0 Å². The lowest BCUT2D eigenvalue weighted by Crippen LogP contribution is -2.21. The fourth-order valence-electron chi connectivity index (χ4n) is 2.12. The molecule has 1 amide bonds. The van der Waals surface area contributed by atoms with Crippen molar-refractivity contribution in [3.05, 3.63) is 58.7 Å². The molecule has 1 heterocycles. The fourth-order valence-corrected chi connectivity index (χ4v) is 2.12. The van der Waals surface area contributed by atoms with Gasteiger partial charge in [-0.1, -0.05) is 12.1 Å². The molecule has 0 aliphatic rings. The molecule has 0 spiro atoms. The van der Waals surface area contributed by atoms with Gasteiger partial charge in [0.1, 0.15) is 5.82 Å². The first-order valence-corrected chi connectivity index (χ1v) is 7.14. The predicted molar refractivity (Wildman–Crippen MR) is 80.8 cm³/mol. The van der Waals surface area contributed by atoms with Crippen molar-refractivity contribution in [3.63, 3.8) is 0 Å². The molecule has 0 aliphatic heterocycles. The van der Waals surface area contributed by atoms with Crippen LogP contribution in [-0.4, -0.2) is 32.9 Å². The quantitative estimate of drug-likeness (QED) is 0.344. The minimum Gasteiger partial charge on any atom is -0.505 e. The van der Waals surface area contributed by atoms with Crippen molar-refractivity contribution < 1.29 is 29.3 Å². The molecule has 1 aromatic heterocycles. The van der Waals surface area contributed by atoms with Crippen LogP contribution in [-0.2, 0) is 24.4 Å². The number of aliphatic hydroxyl groups excluding tert-OH is 1. The molecule has 0 saturated carbocycles. The molecule has 0 unspecified atom stereocenters. The molecule has 0 aliphatic carbocycles. The van der Waals surface area contributed by atoms with E-state index >= 15 is 0 Å². The van der Waals surface area contributed by atoms with E-state index in [0.717, 1.165) is 5.56 Å². The highest BCUT2D eigenvalue weighted by molar-refractivity contribution is 5.94. The summed E-state index contributed by atoms with van der Waals surface area (Å²) in [7, 11) is 0. The molecule has 2 aromatic rings. The number of ether oxygens (including phenoxy) is 1. The zero-order valence-electron chi connectivity index (χ0n) is 12.7. The summed E-state index contributed by atoms with van der Waals surface area (Å²) in [5.74, 6) is -1.80. The van der Waals surface area contributed by atoms with E-state index in [9.17, 15) is 19.4 Å². The minimum absolute atomic E-state index is 0.0681. The SMILES string of the molecule is O=C(NO)c1ncc(COCCc2ccc(F)cc2)c(CO)c1O. The average Bonchev–Trinajstić information content (AvgIpc) is 2.59. The van der Waals surface area contributed by atoms with Gasteiger partial charge in [-0.3, -0.25) is 10.0 Å². The Balaban J connectivity index is 1.98. The Morgan fingerprint density at radius 1 is 1.29 bits per heavy atom. The van der Waals surface area contributed by atoms with Crippen LogP contribution in [0.4, 0.5) is 4.39 Å². The normalized spacial score (nSPS) is 10.6. The van der Waals surface area contributed by atoms with Crippen LogP contribution in [0.3, 0.4) is 0 Å². The molecule has 128 valence electrons. The van der Waals surface area contributed by atoms with Crippen LogP contribution in [0.1, 0.15) is 27.2 Å². The zero-order valence-corrected chi connectivity index (χ0v) is 12.7. The number of benzene rings is 1. The second-order valence-electron chi connectivity index (χ2n) is 4.99. The van der Waals surface area contributed by atoms with Gasteiger partial charge in [-0.05, 0) is 24.1 Å². The number of pyridine rings is 1. The molecule has 8 heteroatoms. The van der Waals surface area contributed by atoms with E-state index < -0.39 is 24.0 Å². The molecule has 0 saturated heterocycles. The third kappa shape index (κ3) is 4.25. The van der Waals surface area contributed by atoms with Gasteiger partial charge in [0.25, 0.3) is 5.91 Å². The number of aliphatic hydroxyl groups is 1. The van der Waals surface area contributed by atoms with Gasteiger partial charge in [0, 0.05) is 17.3 Å². The molecule has 4 N–H and O–H groups in total. The van der Waals surface area contributed by atoms with Gasteiger partial charge in [0.2, 0.25) is 0 Å². The van der Waals surface area contributed by atoms with E-state index in [-0.39, 0.29) is 18.0 Å². The van der Waals surface area contributed by atoms with Gasteiger partial charge in [0.15, 0.2) is 11.4 Å². The van der Waals surface area contributed by atoms with Crippen molar-refractivity contribution in [2.75, 3.05) is 6.61 Å². The number of amides is 1. The van der Waals surface area contributed by atoms with Gasteiger partial charge in [-0.15, -0.1) is 0 Å². The lowest BCUT2D eigenvalue weighted by molar-refractivity contribution is 0.0696. The Morgan fingerprint density at radius 2 is 2.00 bits per heavy atom. The second kappa shape index (κ2) is 8.34. The predicted octanol–water partition coefficient (Wildman–Crippen LogP) is 1.30. The van der Waals surface area contributed by atoms with Gasteiger partial charge in [-0.2, -0.15) is 0 Å². The van der Waals surface area contributed by atoms with Crippen LogP contribution >= 0.6 is 0 Å². The summed E-state index contributed by atoms with van der Waals surface area (Å²) in [4.78, 5) is 15.1. The minimum atomic E-state index is -0.981. The fraction of sp³-hybridized carbons (Fsp3) is 0.250. The number of nitrogens with one attached hydrogen (secondary N) is 1. The van der Waals surface area contributed by atoms with Crippen molar-refractivity contribution >= 4 is 5.91 Å². The summed E-state index contributed by atoms with van der Waals surface area (Å²) in [6.45, 7) is -0.106. The number of rotatable bonds is 7. The Kier molecular flexibility index (Phi) is 6.19. The Labute approximate surface area is 137 Å². The lowest BCUT2D eigenvalue weighted by atomic mass is 10.1. The topological polar surface area (TPSA) is 112 Å². The van der Waals surface area contributed by atoms with E-state index in [1.165, 1.54) is 23.8 Å². The summed E-state index contributed by atoms with van der Waals surface area (Å²) in [6, 6.07) is 6.05. The summed E-state index contributed by atoms with van der Waals surface area (Å²) in [6.07, 6.45) is 1.85. The van der Waals surface area contributed by atoms with E-state index in [0.29, 0.717) is 18.6 Å². The summed E-state index contributed by atoms with van der Waals surface area (Å²) in [5, 5.41) is 27.9. The number of hydrogen-bond donors (Lipinski definition) is 4. The number of halogens is 1. The maximum atomic E-state index is 12.8. The molecule has 0 atom stereocenters. The molecule has 0 fully saturated rings. The van der Waals surface area contributed by atoms with Gasteiger partial charge < -0.3 is 14.9 Å². The van der Waals surface area contributed by atoms with E-state index in [1.807, 2.05) is 0 Å². The Bertz CT molecular complexity index is 706. The van der Waals surface area contributed by atoms with Crippen LogP contribution in [0.2, 0.25) is 0 Å². The number of aromatic hydroxyl groups is 1. The highest BCUT2D eigenvalue weighted by atomic mass is 19.1. The number of hydroxylamine groups is 1. The van der Waals surface area contributed by atoms with Crippen molar-refractivity contribution in [2.45, 2.75) is 19.6 Å². The molecule has 0 radical (unpaired) electrons. The van der Waals surface area contributed by atoms with Crippen LogP contribution in [0, 0.1) is 5.82 Å². The van der Waals surface area contributed by atoms with E-state index in [1.54, 1.807) is 12.1 Å². The number of carbonyl (C=O) groups is 1. The number of carbonyl (C=O) groups excluding carboxylic acids is 1. The molecule has 24 heavy (non-hydrogen) atoms. The molecule has 0 bridgehead atoms. The first-order chi connectivity index (χ1) is 11.6. The first kappa shape index (κ1) is 17.8. The third-order valence-corrected chi connectivity index (χ3v) is 3.43. The number of aromatic nitrogens is 1. The van der Waals surface area contributed by atoms with Crippen molar-refractivity contribution in [1.82, 2.24) is 10.5 Å². The molecular weight excluding hydrogens is 319 g/mol. The Morgan fingerprint density at radius 3 is 2.62 bits per heavy atom. The molecule has 2 rings (SSSR count). The summed E-state index contributed by atoms with van der Waals surface area (Å²) >= 11 is 0. The van der Waals surface area contributed by atoms with Crippen LogP contribution in [0.5, 0.6) is 5.75 Å². The van der Waals surface area contributed by atoms with Gasteiger partial charge in [-0.25, -0.2) is 14.9 Å². The zero-order chi connectivity index (χ0) is 17.5. The molecule has 7 nitrogen and oxygen atoms in total. The van der Waals surface area contributed by atoms with Crippen LogP contribution < -0.4 is 5.48 Å². The monoisotopic (exact) mass is 336 g/mol. The molecular formula is C16H17FN2O5. The smallest absolute Gasteiger partial charge is 0.297 e. The maximum Gasteiger partial charge on any atom is 0.297 e. The van der Waals surface area contributed by atoms with Crippen molar-refractivity contribution in [3.8, 4) is 5.75 Å². The van der Waals surface area contributed by atoms with Crippen LogP contribution in [0.15, 0.2) is 30.5 Å². The van der Waals surface area contributed by atoms with Crippen LogP contribution in [0.25, 0.3) is 0 Å². The van der Waals surface area contributed by atoms with E-state index in [2.05, 4.69) is 4.98 Å². The highest BCUT2D eigenvalue weighted by Gasteiger charge is 2.18. The number of hydrogen-bond acceptors (Lipinski definition) is 6.